The van der Waals surface area contributed by atoms with Gasteiger partial charge in [0, 0.05) is 25.7 Å². The fraction of sp³-hybridized carbons (Fsp3) is 0.679. The van der Waals surface area contributed by atoms with E-state index in [0.717, 1.165) is 56.2 Å². The lowest BCUT2D eigenvalue weighted by Crippen LogP contribution is -2.66. The highest BCUT2D eigenvalue weighted by molar-refractivity contribution is 5.93. The second-order valence-electron chi connectivity index (χ2n) is 10.8. The molecule has 0 aromatic heterocycles. The molecule has 3 N–H and O–H groups in total. The standard InChI is InChI=1S/C28H43N5O3/c1-19-10-7-8-13-22(19)16-30-27(35)24-18-32-15-9-14-23(32)17-33(24)28(36)25(21-11-5-4-6-12-21)31-26(34)20(2)29-3/h7-8,10,13,20-21,23-25,29H,4-6,9,11-12,14-18H2,1-3H3,(H,30,35)(H,31,34). The van der Waals surface area contributed by atoms with Crippen molar-refractivity contribution in [1.82, 2.24) is 25.8 Å². The molecule has 3 amide bonds. The number of nitrogens with one attached hydrogen (secondary N) is 3. The molecule has 1 saturated carbocycles. The predicted molar refractivity (Wildman–Crippen MR) is 140 cm³/mol. The van der Waals surface area contributed by atoms with Crippen LogP contribution in [0.2, 0.25) is 0 Å². The van der Waals surface area contributed by atoms with Crippen LogP contribution in [0.1, 0.15) is 63.0 Å². The van der Waals surface area contributed by atoms with Crippen LogP contribution in [0.3, 0.4) is 0 Å². The summed E-state index contributed by atoms with van der Waals surface area (Å²) in [5.41, 5.74) is 2.21. The van der Waals surface area contributed by atoms with E-state index in [1.165, 1.54) is 6.42 Å². The van der Waals surface area contributed by atoms with Crippen molar-refractivity contribution in [2.75, 3.05) is 26.7 Å². The Morgan fingerprint density at radius 1 is 1.03 bits per heavy atom. The Balaban J connectivity index is 1.54. The minimum Gasteiger partial charge on any atom is -0.350 e. The van der Waals surface area contributed by atoms with Gasteiger partial charge in [-0.2, -0.15) is 0 Å². The number of carbonyl (C=O) groups is 3. The number of hydrogen-bond acceptors (Lipinski definition) is 5. The van der Waals surface area contributed by atoms with Gasteiger partial charge < -0.3 is 20.9 Å². The molecule has 0 radical (unpaired) electrons. The first-order valence-electron chi connectivity index (χ1n) is 13.7. The third-order valence-electron chi connectivity index (χ3n) is 8.50. The van der Waals surface area contributed by atoms with Crippen LogP contribution >= 0.6 is 0 Å². The number of carbonyl (C=O) groups excluding carboxylic acids is 3. The average Bonchev–Trinajstić information content (AvgIpc) is 3.37. The number of piperazine rings is 1. The molecule has 36 heavy (non-hydrogen) atoms. The Morgan fingerprint density at radius 2 is 1.78 bits per heavy atom. The summed E-state index contributed by atoms with van der Waals surface area (Å²) in [7, 11) is 1.75. The van der Waals surface area contributed by atoms with Crippen molar-refractivity contribution < 1.29 is 14.4 Å². The first-order valence-corrected chi connectivity index (χ1v) is 13.7. The molecule has 4 atom stereocenters. The number of amides is 3. The maximum Gasteiger partial charge on any atom is 0.246 e. The third-order valence-corrected chi connectivity index (χ3v) is 8.50. The van der Waals surface area contributed by atoms with Crippen LogP contribution in [0.5, 0.6) is 0 Å². The monoisotopic (exact) mass is 497 g/mol. The molecule has 0 spiro atoms. The molecule has 8 nitrogen and oxygen atoms in total. The molecule has 4 unspecified atom stereocenters. The Kier molecular flexibility index (Phi) is 9.01. The summed E-state index contributed by atoms with van der Waals surface area (Å²) in [6.45, 7) is 6.34. The van der Waals surface area contributed by atoms with Crippen LogP contribution in [-0.2, 0) is 20.9 Å². The fourth-order valence-corrected chi connectivity index (χ4v) is 6.03. The van der Waals surface area contributed by atoms with Gasteiger partial charge in [-0.05, 0) is 70.2 Å². The summed E-state index contributed by atoms with van der Waals surface area (Å²) < 4.78 is 0. The van der Waals surface area contributed by atoms with Crippen molar-refractivity contribution in [3.05, 3.63) is 35.4 Å². The van der Waals surface area contributed by atoms with Gasteiger partial charge in [0.05, 0.1) is 6.04 Å². The zero-order chi connectivity index (χ0) is 25.7. The number of benzene rings is 1. The van der Waals surface area contributed by atoms with E-state index in [1.807, 2.05) is 31.2 Å². The van der Waals surface area contributed by atoms with Gasteiger partial charge in [0.1, 0.15) is 12.1 Å². The molecular weight excluding hydrogens is 454 g/mol. The van der Waals surface area contributed by atoms with Gasteiger partial charge >= 0.3 is 0 Å². The van der Waals surface area contributed by atoms with Crippen molar-refractivity contribution >= 4 is 17.7 Å². The topological polar surface area (TPSA) is 93.8 Å². The van der Waals surface area contributed by atoms with Gasteiger partial charge in [0.15, 0.2) is 0 Å². The summed E-state index contributed by atoms with van der Waals surface area (Å²) in [5.74, 6) is -0.270. The summed E-state index contributed by atoms with van der Waals surface area (Å²) in [5, 5.41) is 9.16. The van der Waals surface area contributed by atoms with Crippen molar-refractivity contribution in [2.24, 2.45) is 5.92 Å². The Bertz CT molecular complexity index is 932. The van der Waals surface area contributed by atoms with Crippen LogP contribution in [0.15, 0.2) is 24.3 Å². The summed E-state index contributed by atoms with van der Waals surface area (Å²) >= 11 is 0. The van der Waals surface area contributed by atoms with Crippen LogP contribution in [-0.4, -0.2) is 78.4 Å². The van der Waals surface area contributed by atoms with Gasteiger partial charge in [-0.25, -0.2) is 0 Å². The number of aryl methyl sites for hydroxylation is 1. The van der Waals surface area contributed by atoms with E-state index in [1.54, 1.807) is 18.9 Å². The van der Waals surface area contributed by atoms with E-state index >= 15 is 0 Å². The lowest BCUT2D eigenvalue weighted by atomic mass is 9.82. The molecule has 2 heterocycles. The van der Waals surface area contributed by atoms with E-state index in [-0.39, 0.29) is 35.7 Å². The van der Waals surface area contributed by atoms with Gasteiger partial charge in [0.2, 0.25) is 17.7 Å². The number of hydrogen-bond donors (Lipinski definition) is 3. The highest BCUT2D eigenvalue weighted by atomic mass is 16.2. The largest absolute Gasteiger partial charge is 0.350 e. The van der Waals surface area contributed by atoms with E-state index in [2.05, 4.69) is 20.9 Å². The summed E-state index contributed by atoms with van der Waals surface area (Å²) in [6, 6.07) is 6.78. The Hall–Kier alpha value is -2.45. The second-order valence-corrected chi connectivity index (χ2v) is 10.8. The number of rotatable bonds is 8. The smallest absolute Gasteiger partial charge is 0.246 e. The first-order chi connectivity index (χ1) is 17.4. The van der Waals surface area contributed by atoms with Crippen LogP contribution < -0.4 is 16.0 Å². The quantitative estimate of drug-likeness (QED) is 0.511. The molecule has 1 aromatic carbocycles. The summed E-state index contributed by atoms with van der Waals surface area (Å²) in [4.78, 5) is 44.7. The van der Waals surface area contributed by atoms with E-state index in [4.69, 9.17) is 0 Å². The lowest BCUT2D eigenvalue weighted by Gasteiger charge is -2.45. The maximum absolute atomic E-state index is 14.2. The van der Waals surface area contributed by atoms with E-state index < -0.39 is 12.1 Å². The average molecular weight is 498 g/mol. The van der Waals surface area contributed by atoms with Crippen LogP contribution in [0, 0.1) is 12.8 Å². The van der Waals surface area contributed by atoms with Crippen molar-refractivity contribution in [1.29, 1.82) is 0 Å². The maximum atomic E-state index is 14.2. The van der Waals surface area contributed by atoms with E-state index in [0.29, 0.717) is 19.6 Å². The summed E-state index contributed by atoms with van der Waals surface area (Å²) in [6.07, 6.45) is 7.30. The second kappa shape index (κ2) is 12.2. The number of nitrogens with zero attached hydrogens (tertiary/aromatic N) is 2. The molecular formula is C28H43N5O3. The molecule has 4 rings (SSSR count). The van der Waals surface area contributed by atoms with Crippen molar-refractivity contribution in [3.8, 4) is 0 Å². The first kappa shape index (κ1) is 26.6. The Labute approximate surface area is 215 Å². The molecule has 198 valence electrons. The van der Waals surface area contributed by atoms with Crippen LogP contribution in [0.4, 0.5) is 0 Å². The molecule has 3 fully saturated rings. The Morgan fingerprint density at radius 3 is 2.50 bits per heavy atom. The van der Waals surface area contributed by atoms with Gasteiger partial charge in [-0.3, -0.25) is 19.3 Å². The SMILES string of the molecule is CNC(C)C(=O)NC(C(=O)N1CC2CCCN2CC1C(=O)NCc1ccccc1C)C1CCCCC1. The minimum atomic E-state index is -0.590. The van der Waals surface area contributed by atoms with Gasteiger partial charge in [-0.1, -0.05) is 43.5 Å². The minimum absolute atomic E-state index is 0.0962. The molecule has 0 bridgehead atoms. The fourth-order valence-electron chi connectivity index (χ4n) is 6.03. The molecule has 1 aliphatic carbocycles. The molecule has 3 aliphatic rings. The van der Waals surface area contributed by atoms with E-state index in [9.17, 15) is 14.4 Å². The predicted octanol–water partition coefficient (Wildman–Crippen LogP) is 1.96. The lowest BCUT2D eigenvalue weighted by molar-refractivity contribution is -0.149. The number of likely N-dealkylation sites (N-methyl/N-ethyl adjacent to an activating group) is 1. The zero-order valence-corrected chi connectivity index (χ0v) is 22.1. The zero-order valence-electron chi connectivity index (χ0n) is 22.1. The number of fused-ring (bicyclic) bond motifs is 1. The highest BCUT2D eigenvalue weighted by Crippen LogP contribution is 2.30. The molecule has 1 aromatic rings. The molecule has 8 heteroatoms. The molecule has 2 saturated heterocycles. The van der Waals surface area contributed by atoms with Crippen molar-refractivity contribution in [2.45, 2.75) is 89.5 Å². The van der Waals surface area contributed by atoms with Crippen LogP contribution in [0.25, 0.3) is 0 Å². The van der Waals surface area contributed by atoms with Crippen molar-refractivity contribution in [3.63, 3.8) is 0 Å². The molecule has 2 aliphatic heterocycles. The highest BCUT2D eigenvalue weighted by Gasteiger charge is 2.45. The normalized spacial score (nSPS) is 24.6. The van der Waals surface area contributed by atoms with Gasteiger partial charge in [-0.15, -0.1) is 0 Å². The van der Waals surface area contributed by atoms with Gasteiger partial charge in [0.25, 0.3) is 0 Å². The third kappa shape index (κ3) is 6.09.